The van der Waals surface area contributed by atoms with Crippen LogP contribution in [-0.2, 0) is 9.53 Å². The van der Waals surface area contributed by atoms with Crippen molar-refractivity contribution in [3.05, 3.63) is 36.5 Å². The molecule has 0 aliphatic carbocycles. The van der Waals surface area contributed by atoms with Crippen LogP contribution in [0.4, 0.5) is 0 Å². The molecule has 0 aromatic carbocycles. The number of unbranched alkanes of at least 4 members (excludes halogenated alkanes) is 5. The molecule has 0 N–H and O–H groups in total. The molecule has 0 atom stereocenters. The largest absolute Gasteiger partial charge is 0.469 e. The molecule has 0 amide bonds. The predicted molar refractivity (Wildman–Crippen MR) is 91.3 cm³/mol. The third-order valence-corrected chi connectivity index (χ3v) is 3.23. The second kappa shape index (κ2) is 16.7. The number of methoxy groups -OCH3 is 1. The van der Waals surface area contributed by atoms with E-state index in [2.05, 4.69) is 48.1 Å². The lowest BCUT2D eigenvalue weighted by atomic mass is 10.1. The van der Waals surface area contributed by atoms with Gasteiger partial charge in [-0.3, -0.25) is 4.79 Å². The summed E-state index contributed by atoms with van der Waals surface area (Å²) >= 11 is 0. The Kier molecular flexibility index (Phi) is 15.7. The van der Waals surface area contributed by atoms with Crippen LogP contribution in [0, 0.1) is 0 Å². The Balaban J connectivity index is 3.25. The highest BCUT2D eigenvalue weighted by atomic mass is 16.5. The van der Waals surface area contributed by atoms with Gasteiger partial charge in [0.15, 0.2) is 0 Å². The Morgan fingerprint density at radius 2 is 1.33 bits per heavy atom. The molecule has 0 saturated heterocycles. The van der Waals surface area contributed by atoms with E-state index in [-0.39, 0.29) is 5.97 Å². The fourth-order valence-electron chi connectivity index (χ4n) is 1.95. The van der Waals surface area contributed by atoms with E-state index >= 15 is 0 Å². The lowest BCUT2D eigenvalue weighted by Gasteiger charge is -1.97. The number of rotatable bonds is 13. The van der Waals surface area contributed by atoms with Crippen LogP contribution in [-0.4, -0.2) is 13.1 Å². The number of allylic oxidation sites excluding steroid dienone is 6. The summed E-state index contributed by atoms with van der Waals surface area (Å²) in [6.07, 6.45) is 24.2. The van der Waals surface area contributed by atoms with Crippen molar-refractivity contribution in [1.29, 1.82) is 0 Å². The van der Waals surface area contributed by atoms with Gasteiger partial charge in [-0.05, 0) is 57.8 Å². The first-order valence-electron chi connectivity index (χ1n) is 8.33. The maximum Gasteiger partial charge on any atom is 0.305 e. The monoisotopic (exact) mass is 292 g/mol. The molecule has 0 saturated carbocycles. The maximum atomic E-state index is 10.9. The molecule has 2 heteroatoms. The van der Waals surface area contributed by atoms with Crippen molar-refractivity contribution in [3.63, 3.8) is 0 Å². The summed E-state index contributed by atoms with van der Waals surface area (Å²) in [5.74, 6) is -0.0998. The van der Waals surface area contributed by atoms with Gasteiger partial charge in [-0.2, -0.15) is 0 Å². The van der Waals surface area contributed by atoms with Gasteiger partial charge in [0.05, 0.1) is 7.11 Å². The first-order chi connectivity index (χ1) is 10.3. The normalized spacial score (nSPS) is 11.9. The maximum absolute atomic E-state index is 10.9. The third kappa shape index (κ3) is 16.6. The Hall–Kier alpha value is -1.31. The van der Waals surface area contributed by atoms with Gasteiger partial charge in [-0.1, -0.05) is 43.4 Å². The standard InChI is InChI=1S/C19H32O2/c1-3-4-5-6-7-8-9-10-11-12-13-14-15-16-17-18-19(20)21-2/h4-5,7-8,13-14H,3,6,9-12,15-18H2,1-2H3/b5-4+,8-7+,14-13+. The number of hydrogen-bond donors (Lipinski definition) is 0. The molecular formula is C19H32O2. The summed E-state index contributed by atoms with van der Waals surface area (Å²) in [5.41, 5.74) is 0. The molecule has 0 heterocycles. The molecule has 0 aliphatic rings. The van der Waals surface area contributed by atoms with Gasteiger partial charge >= 0.3 is 5.97 Å². The molecular weight excluding hydrogens is 260 g/mol. The van der Waals surface area contributed by atoms with Crippen LogP contribution in [0.15, 0.2) is 36.5 Å². The summed E-state index contributed by atoms with van der Waals surface area (Å²) in [4.78, 5) is 10.9. The molecule has 0 aromatic heterocycles. The van der Waals surface area contributed by atoms with Crippen LogP contribution in [0.2, 0.25) is 0 Å². The zero-order chi connectivity index (χ0) is 15.6. The third-order valence-electron chi connectivity index (χ3n) is 3.23. The van der Waals surface area contributed by atoms with Gasteiger partial charge in [0.2, 0.25) is 0 Å². The minimum absolute atomic E-state index is 0.0998. The zero-order valence-corrected chi connectivity index (χ0v) is 13.9. The minimum Gasteiger partial charge on any atom is -0.469 e. The van der Waals surface area contributed by atoms with Crippen molar-refractivity contribution >= 4 is 5.97 Å². The van der Waals surface area contributed by atoms with Crippen molar-refractivity contribution in [2.75, 3.05) is 7.11 Å². The zero-order valence-electron chi connectivity index (χ0n) is 13.9. The number of hydrogen-bond acceptors (Lipinski definition) is 2. The van der Waals surface area contributed by atoms with E-state index in [4.69, 9.17) is 0 Å². The molecule has 0 unspecified atom stereocenters. The Labute approximate surface area is 131 Å². The van der Waals surface area contributed by atoms with E-state index in [1.54, 1.807) is 0 Å². The topological polar surface area (TPSA) is 26.3 Å². The van der Waals surface area contributed by atoms with Gasteiger partial charge in [-0.15, -0.1) is 0 Å². The van der Waals surface area contributed by atoms with E-state index in [1.807, 2.05) is 0 Å². The number of ether oxygens (including phenoxy) is 1. The van der Waals surface area contributed by atoms with Crippen molar-refractivity contribution in [2.45, 2.75) is 71.1 Å². The molecule has 0 aromatic rings. The molecule has 0 radical (unpaired) electrons. The molecule has 21 heavy (non-hydrogen) atoms. The van der Waals surface area contributed by atoms with Crippen LogP contribution in [0.25, 0.3) is 0 Å². The van der Waals surface area contributed by atoms with Gasteiger partial charge in [-0.25, -0.2) is 0 Å². The summed E-state index contributed by atoms with van der Waals surface area (Å²) in [6.45, 7) is 2.16. The summed E-state index contributed by atoms with van der Waals surface area (Å²) in [7, 11) is 1.44. The molecule has 0 rings (SSSR count). The Morgan fingerprint density at radius 1 is 0.810 bits per heavy atom. The number of carbonyl (C=O) groups excluding carboxylic acids is 1. The van der Waals surface area contributed by atoms with Crippen LogP contribution < -0.4 is 0 Å². The lowest BCUT2D eigenvalue weighted by Crippen LogP contribution is -1.98. The Bertz CT molecular complexity index is 314. The fraction of sp³-hybridized carbons (Fsp3) is 0.632. The van der Waals surface area contributed by atoms with Crippen molar-refractivity contribution in [3.8, 4) is 0 Å². The summed E-state index contributed by atoms with van der Waals surface area (Å²) < 4.78 is 4.60. The van der Waals surface area contributed by atoms with Crippen molar-refractivity contribution in [1.82, 2.24) is 0 Å². The van der Waals surface area contributed by atoms with E-state index in [1.165, 1.54) is 32.8 Å². The average Bonchev–Trinajstić information content (AvgIpc) is 2.50. The van der Waals surface area contributed by atoms with Crippen LogP contribution >= 0.6 is 0 Å². The molecule has 0 fully saturated rings. The van der Waals surface area contributed by atoms with Gasteiger partial charge in [0.25, 0.3) is 0 Å². The van der Waals surface area contributed by atoms with E-state index in [0.717, 1.165) is 32.1 Å². The minimum atomic E-state index is -0.0998. The number of esters is 1. The fourth-order valence-corrected chi connectivity index (χ4v) is 1.95. The highest BCUT2D eigenvalue weighted by Gasteiger charge is 1.97. The molecule has 0 bridgehead atoms. The molecule has 2 nitrogen and oxygen atoms in total. The van der Waals surface area contributed by atoms with Gasteiger partial charge in [0.1, 0.15) is 0 Å². The van der Waals surface area contributed by atoms with Crippen LogP contribution in [0.5, 0.6) is 0 Å². The lowest BCUT2D eigenvalue weighted by molar-refractivity contribution is -0.140. The predicted octanol–water partition coefficient (Wildman–Crippen LogP) is 5.75. The van der Waals surface area contributed by atoms with E-state index in [0.29, 0.717) is 6.42 Å². The second-order valence-electron chi connectivity index (χ2n) is 5.16. The highest BCUT2D eigenvalue weighted by Crippen LogP contribution is 2.05. The quantitative estimate of drug-likeness (QED) is 0.245. The van der Waals surface area contributed by atoms with Crippen LogP contribution in [0.3, 0.4) is 0 Å². The molecule has 0 aliphatic heterocycles. The van der Waals surface area contributed by atoms with E-state index in [9.17, 15) is 4.79 Å². The summed E-state index contributed by atoms with van der Waals surface area (Å²) in [6, 6.07) is 0. The van der Waals surface area contributed by atoms with Gasteiger partial charge in [0, 0.05) is 6.42 Å². The first-order valence-corrected chi connectivity index (χ1v) is 8.33. The Morgan fingerprint density at radius 3 is 1.90 bits per heavy atom. The van der Waals surface area contributed by atoms with Crippen LogP contribution in [0.1, 0.15) is 71.1 Å². The smallest absolute Gasteiger partial charge is 0.305 e. The van der Waals surface area contributed by atoms with E-state index < -0.39 is 0 Å². The second-order valence-corrected chi connectivity index (χ2v) is 5.16. The van der Waals surface area contributed by atoms with Gasteiger partial charge < -0.3 is 4.74 Å². The average molecular weight is 292 g/mol. The molecule has 120 valence electrons. The number of carbonyl (C=O) groups is 1. The summed E-state index contributed by atoms with van der Waals surface area (Å²) in [5, 5.41) is 0. The highest BCUT2D eigenvalue weighted by molar-refractivity contribution is 5.68. The first kappa shape index (κ1) is 19.7. The SMILES string of the molecule is CC/C=C/C/C=C/CCCC/C=C/CCCCC(=O)OC. The van der Waals surface area contributed by atoms with Crippen molar-refractivity contribution < 1.29 is 9.53 Å². The van der Waals surface area contributed by atoms with Crippen molar-refractivity contribution in [2.24, 2.45) is 0 Å². The molecule has 0 spiro atoms.